The molecule has 1 aliphatic carbocycles. The molecule has 1 atom stereocenters. The molecule has 6 aromatic rings. The number of amides is 3. The number of fused-ring (bicyclic) bond motifs is 2. The fraction of sp³-hybridized carbons (Fsp3) is 0.182. The van der Waals surface area contributed by atoms with Gasteiger partial charge in [-0.05, 0) is 79.3 Å². The van der Waals surface area contributed by atoms with Crippen molar-refractivity contribution in [3.63, 3.8) is 0 Å². The molecule has 4 N–H and O–H groups in total. The van der Waals surface area contributed by atoms with E-state index in [0.717, 1.165) is 75.9 Å². The largest absolute Gasteiger partial charge is 0.465 e. The van der Waals surface area contributed by atoms with Crippen LogP contribution in [0.1, 0.15) is 73.2 Å². The molecule has 0 spiro atoms. The van der Waals surface area contributed by atoms with Gasteiger partial charge in [-0.15, -0.1) is 23.1 Å². The first-order chi connectivity index (χ1) is 26.9. The summed E-state index contributed by atoms with van der Waals surface area (Å²) >= 11 is 2.79. The van der Waals surface area contributed by atoms with Gasteiger partial charge in [-0.2, -0.15) is 0 Å². The van der Waals surface area contributed by atoms with Crippen LogP contribution in [0.4, 0.5) is 10.7 Å². The lowest BCUT2D eigenvalue weighted by molar-refractivity contribution is -0.116. The number of carbonyl (C=O) groups is 4. The number of aromatic nitrogens is 1. The third-order valence-electron chi connectivity index (χ3n) is 9.43. The minimum Gasteiger partial charge on any atom is -0.465 e. The Morgan fingerprint density at radius 3 is 2.33 bits per heavy atom. The van der Waals surface area contributed by atoms with Crippen molar-refractivity contribution in [2.24, 2.45) is 0 Å². The van der Waals surface area contributed by atoms with Gasteiger partial charge in [0.05, 0.1) is 12.7 Å². The topological polar surface area (TPSA) is 129 Å². The Kier molecular flexibility index (Phi) is 11.9. The molecule has 2 heterocycles. The number of para-hydroxylation sites is 1. The maximum atomic E-state index is 14.2. The smallest absolute Gasteiger partial charge is 0.341 e. The Labute approximate surface area is 327 Å². The molecule has 2 aromatic heterocycles. The van der Waals surface area contributed by atoms with Crippen LogP contribution in [0.25, 0.3) is 17.0 Å². The highest BCUT2D eigenvalue weighted by molar-refractivity contribution is 8.00. The number of methoxy groups -OCH3 is 1. The Morgan fingerprint density at radius 1 is 0.818 bits per heavy atom. The summed E-state index contributed by atoms with van der Waals surface area (Å²) < 4.78 is 5.20. The van der Waals surface area contributed by atoms with Crippen LogP contribution in [0.15, 0.2) is 126 Å². The number of benzene rings is 4. The minimum atomic E-state index is -0.690. The van der Waals surface area contributed by atoms with Crippen molar-refractivity contribution in [1.29, 1.82) is 0 Å². The second kappa shape index (κ2) is 17.5. The van der Waals surface area contributed by atoms with E-state index >= 15 is 0 Å². The standard InChI is InChI=1S/C44H40N4O5S2/c1-53-44(52)38-34-22-10-2-3-11-24-37(34)55-43(38)48-42(51)39(28-15-6-4-7-16-28)54-32-20-14-19-31(26-32)46-41(50)36(47-40(49)29-17-8-5-9-18-29)25-30-27-45-35-23-13-12-21-33(30)35/h4-9,12-21,23,25-27,39,45H,2-3,10-11,22,24H2,1H3,(H,46,50)(H,47,49)(H,48,51)/b36-25-. The normalized spacial score (nSPS) is 13.5. The second-order valence-corrected chi connectivity index (χ2v) is 15.4. The predicted molar refractivity (Wildman–Crippen MR) is 220 cm³/mol. The number of hydrogen-bond acceptors (Lipinski definition) is 7. The highest BCUT2D eigenvalue weighted by Crippen LogP contribution is 2.41. The number of thioether (sulfide) groups is 1. The number of esters is 1. The molecule has 4 aromatic carbocycles. The first-order valence-electron chi connectivity index (χ1n) is 18.2. The number of aromatic amines is 1. The van der Waals surface area contributed by atoms with Gasteiger partial charge in [0.25, 0.3) is 11.8 Å². The maximum absolute atomic E-state index is 14.2. The van der Waals surface area contributed by atoms with E-state index in [0.29, 0.717) is 21.8 Å². The van der Waals surface area contributed by atoms with Crippen molar-refractivity contribution >= 4 is 74.5 Å². The first-order valence-corrected chi connectivity index (χ1v) is 19.9. The van der Waals surface area contributed by atoms with Gasteiger partial charge < -0.3 is 25.7 Å². The van der Waals surface area contributed by atoms with E-state index in [4.69, 9.17) is 4.74 Å². The zero-order chi connectivity index (χ0) is 38.1. The van der Waals surface area contributed by atoms with Gasteiger partial charge in [0.1, 0.15) is 15.9 Å². The molecule has 9 nitrogen and oxygen atoms in total. The third-order valence-corrected chi connectivity index (χ3v) is 11.9. The average Bonchev–Trinajstić information content (AvgIpc) is 3.76. The summed E-state index contributed by atoms with van der Waals surface area (Å²) in [5.41, 5.74) is 4.81. The van der Waals surface area contributed by atoms with Crippen molar-refractivity contribution in [1.82, 2.24) is 10.3 Å². The van der Waals surface area contributed by atoms with E-state index in [-0.39, 0.29) is 11.6 Å². The van der Waals surface area contributed by atoms with Crippen LogP contribution in [0, 0.1) is 0 Å². The molecular weight excluding hydrogens is 729 g/mol. The SMILES string of the molecule is COC(=O)c1c(NC(=O)C(Sc2cccc(NC(=O)/C(=C/c3c[nH]c4ccccc34)NC(=O)c3ccccc3)c2)c2ccccc2)sc2c1CCCCCC2. The number of carbonyl (C=O) groups excluding carboxylic acids is 4. The van der Waals surface area contributed by atoms with Crippen LogP contribution >= 0.6 is 23.1 Å². The van der Waals surface area contributed by atoms with Crippen LogP contribution in [0.2, 0.25) is 0 Å². The van der Waals surface area contributed by atoms with Gasteiger partial charge in [0, 0.05) is 43.7 Å². The molecule has 1 aliphatic rings. The third kappa shape index (κ3) is 8.91. The molecular formula is C44H40N4O5S2. The number of H-pyrrole nitrogens is 1. The molecule has 3 amide bonds. The average molecular weight is 769 g/mol. The van der Waals surface area contributed by atoms with E-state index in [1.807, 2.05) is 66.7 Å². The summed E-state index contributed by atoms with van der Waals surface area (Å²) in [4.78, 5) is 59.6. The number of rotatable bonds is 11. The number of aryl methyl sites for hydroxylation is 1. The fourth-order valence-electron chi connectivity index (χ4n) is 6.70. The van der Waals surface area contributed by atoms with Crippen LogP contribution < -0.4 is 16.0 Å². The van der Waals surface area contributed by atoms with E-state index in [1.165, 1.54) is 30.2 Å². The molecule has 11 heteroatoms. The molecule has 0 radical (unpaired) electrons. The first kappa shape index (κ1) is 37.4. The fourth-order valence-corrected chi connectivity index (χ4v) is 9.06. The van der Waals surface area contributed by atoms with E-state index < -0.39 is 23.0 Å². The van der Waals surface area contributed by atoms with Crippen LogP contribution in [-0.2, 0) is 27.2 Å². The Hall–Kier alpha value is -5.91. The Balaban J connectivity index is 1.15. The molecule has 0 saturated heterocycles. The van der Waals surface area contributed by atoms with Gasteiger partial charge in [0.2, 0.25) is 5.91 Å². The van der Waals surface area contributed by atoms with Crippen molar-refractivity contribution in [2.75, 3.05) is 17.7 Å². The zero-order valence-corrected chi connectivity index (χ0v) is 31.9. The van der Waals surface area contributed by atoms with Gasteiger partial charge in [-0.25, -0.2) is 4.79 Å². The summed E-state index contributed by atoms with van der Waals surface area (Å²) in [6.07, 6.45) is 9.35. The Morgan fingerprint density at radius 2 is 1.55 bits per heavy atom. The highest BCUT2D eigenvalue weighted by Gasteiger charge is 2.29. The number of ether oxygens (including phenoxy) is 1. The second-order valence-electron chi connectivity index (χ2n) is 13.2. The summed E-state index contributed by atoms with van der Waals surface area (Å²) in [6, 6.07) is 33.1. The van der Waals surface area contributed by atoms with Crippen molar-refractivity contribution in [3.05, 3.63) is 154 Å². The molecule has 0 saturated carbocycles. The molecule has 7 rings (SSSR count). The maximum Gasteiger partial charge on any atom is 0.341 e. The van der Waals surface area contributed by atoms with E-state index in [1.54, 1.807) is 54.7 Å². The summed E-state index contributed by atoms with van der Waals surface area (Å²) in [5, 5.41) is 9.59. The monoisotopic (exact) mass is 768 g/mol. The van der Waals surface area contributed by atoms with E-state index in [2.05, 4.69) is 20.9 Å². The molecule has 1 unspecified atom stereocenters. The van der Waals surface area contributed by atoms with Gasteiger partial charge in [-0.1, -0.05) is 85.6 Å². The lowest BCUT2D eigenvalue weighted by Crippen LogP contribution is -2.30. The minimum absolute atomic E-state index is 0.0599. The molecule has 0 fully saturated rings. The summed E-state index contributed by atoms with van der Waals surface area (Å²) in [5.74, 6) is -1.66. The molecule has 55 heavy (non-hydrogen) atoms. The number of thiophene rings is 1. The van der Waals surface area contributed by atoms with Gasteiger partial charge in [-0.3, -0.25) is 14.4 Å². The number of nitrogens with one attached hydrogen (secondary N) is 4. The van der Waals surface area contributed by atoms with Crippen molar-refractivity contribution in [2.45, 2.75) is 48.7 Å². The van der Waals surface area contributed by atoms with Crippen LogP contribution in [-0.4, -0.2) is 35.8 Å². The summed E-state index contributed by atoms with van der Waals surface area (Å²) in [6.45, 7) is 0. The summed E-state index contributed by atoms with van der Waals surface area (Å²) in [7, 11) is 1.37. The lowest BCUT2D eigenvalue weighted by atomic mass is 9.96. The molecule has 0 bridgehead atoms. The quantitative estimate of drug-likeness (QED) is 0.0591. The highest BCUT2D eigenvalue weighted by atomic mass is 32.2. The van der Waals surface area contributed by atoms with Gasteiger partial charge in [0.15, 0.2) is 0 Å². The molecule has 278 valence electrons. The van der Waals surface area contributed by atoms with Crippen LogP contribution in [0.5, 0.6) is 0 Å². The van der Waals surface area contributed by atoms with Crippen molar-refractivity contribution in [3.8, 4) is 0 Å². The predicted octanol–water partition coefficient (Wildman–Crippen LogP) is 9.56. The number of hydrogen-bond donors (Lipinski definition) is 4. The van der Waals surface area contributed by atoms with E-state index in [9.17, 15) is 19.2 Å². The lowest BCUT2D eigenvalue weighted by Gasteiger charge is -2.18. The number of anilines is 2. The Bertz CT molecular complexity index is 2370. The zero-order valence-electron chi connectivity index (χ0n) is 30.2. The van der Waals surface area contributed by atoms with Crippen LogP contribution in [0.3, 0.4) is 0 Å². The molecule has 0 aliphatic heterocycles. The van der Waals surface area contributed by atoms with Gasteiger partial charge >= 0.3 is 5.97 Å². The van der Waals surface area contributed by atoms with Crippen molar-refractivity contribution < 1.29 is 23.9 Å².